The molecule has 1 aliphatic carbocycles. The number of hydrogen-bond acceptors (Lipinski definition) is 7. The highest BCUT2D eigenvalue weighted by atomic mass is 16.6. The van der Waals surface area contributed by atoms with Crippen LogP contribution < -0.4 is 4.74 Å². The van der Waals surface area contributed by atoms with Crippen LogP contribution in [0.25, 0.3) is 0 Å². The number of benzene rings is 1. The largest absolute Gasteiger partial charge is 0.497 e. The van der Waals surface area contributed by atoms with Crippen molar-refractivity contribution < 1.29 is 33.3 Å². The van der Waals surface area contributed by atoms with Gasteiger partial charge in [-0.25, -0.2) is 9.59 Å². The van der Waals surface area contributed by atoms with Crippen molar-refractivity contribution in [1.29, 1.82) is 0 Å². The topological polar surface area (TPSA) is 88.1 Å². The van der Waals surface area contributed by atoms with Crippen LogP contribution in [-0.2, 0) is 35.2 Å². The quantitative estimate of drug-likeness (QED) is 0.327. The van der Waals surface area contributed by atoms with Gasteiger partial charge in [0.15, 0.2) is 0 Å². The molecule has 0 bridgehead atoms. The number of carbonyl (C=O) groups is 3. The lowest BCUT2D eigenvalue weighted by Gasteiger charge is -2.19. The Morgan fingerprint density at radius 1 is 0.968 bits per heavy atom. The van der Waals surface area contributed by atoms with E-state index in [1.807, 2.05) is 0 Å². The van der Waals surface area contributed by atoms with Crippen LogP contribution in [0.1, 0.15) is 63.9 Å². The van der Waals surface area contributed by atoms with E-state index in [9.17, 15) is 14.4 Å². The summed E-state index contributed by atoms with van der Waals surface area (Å²) in [5, 5.41) is 0. The Labute approximate surface area is 183 Å². The molecule has 31 heavy (non-hydrogen) atoms. The zero-order valence-electron chi connectivity index (χ0n) is 18.3. The average molecular weight is 433 g/mol. The van der Waals surface area contributed by atoms with Gasteiger partial charge in [0.25, 0.3) is 0 Å². The maximum absolute atomic E-state index is 11.9. The highest BCUT2D eigenvalue weighted by Crippen LogP contribution is 2.19. The lowest BCUT2D eigenvalue weighted by molar-refractivity contribution is -0.152. The molecule has 1 aromatic carbocycles. The minimum absolute atomic E-state index is 0.0811. The Balaban J connectivity index is 1.66. The third-order valence-electron chi connectivity index (χ3n) is 5.02. The van der Waals surface area contributed by atoms with Crippen LogP contribution in [0.3, 0.4) is 0 Å². The Kier molecular flexibility index (Phi) is 10.6. The van der Waals surface area contributed by atoms with E-state index in [1.165, 1.54) is 6.42 Å². The van der Waals surface area contributed by atoms with Gasteiger partial charge in [0.1, 0.15) is 24.6 Å². The van der Waals surface area contributed by atoms with Crippen LogP contribution in [0, 0.1) is 0 Å². The molecule has 7 heteroatoms. The second-order valence-corrected chi connectivity index (χ2v) is 7.70. The highest BCUT2D eigenvalue weighted by molar-refractivity contribution is 5.91. The van der Waals surface area contributed by atoms with Gasteiger partial charge in [0, 0.05) is 12.2 Å². The molecule has 0 aromatic heterocycles. The molecule has 0 radical (unpaired) electrons. The third-order valence-corrected chi connectivity index (χ3v) is 5.02. The van der Waals surface area contributed by atoms with Gasteiger partial charge in [-0.3, -0.25) is 4.79 Å². The normalized spacial score (nSPS) is 16.1. The molecule has 0 amide bonds. The highest BCUT2D eigenvalue weighted by Gasteiger charge is 2.16. The number of carbonyl (C=O) groups excluding carboxylic acids is 3. The number of hydrogen-bond donors (Lipinski definition) is 0. The molecule has 1 fully saturated rings. The van der Waals surface area contributed by atoms with Crippen LogP contribution in [0.15, 0.2) is 36.4 Å². The third kappa shape index (κ3) is 10.2. The van der Waals surface area contributed by atoms with E-state index in [0.717, 1.165) is 62.0 Å². The first kappa shape index (κ1) is 24.4. The molecule has 0 saturated heterocycles. The van der Waals surface area contributed by atoms with Crippen molar-refractivity contribution in [3.05, 3.63) is 42.0 Å². The molecule has 0 heterocycles. The fourth-order valence-electron chi connectivity index (χ4n) is 3.33. The first-order valence-electron chi connectivity index (χ1n) is 10.8. The zero-order valence-corrected chi connectivity index (χ0v) is 18.3. The molecule has 2 rings (SSSR count). The lowest BCUT2D eigenvalue weighted by Crippen LogP contribution is -2.20. The van der Waals surface area contributed by atoms with Crippen LogP contribution in [-0.4, -0.2) is 37.2 Å². The summed E-state index contributed by atoms with van der Waals surface area (Å²) >= 11 is 0. The predicted molar refractivity (Wildman–Crippen MR) is 114 cm³/mol. The van der Waals surface area contributed by atoms with E-state index in [1.54, 1.807) is 38.3 Å². The van der Waals surface area contributed by atoms with Crippen LogP contribution in [0.5, 0.6) is 5.75 Å². The van der Waals surface area contributed by atoms with Crippen molar-refractivity contribution in [3.63, 3.8) is 0 Å². The average Bonchev–Trinajstić information content (AvgIpc) is 2.73. The standard InChI is InChI=1S/C24H32O7/c1-18(16-24(27)29-17-19-10-12-20(28-2)13-11-19)30-22(25)14-15-23(26)31-21-8-6-4-3-5-7-9-21/h10-15,18,21H,3-9,16-17H2,1-2H3/b15-14+. The number of ether oxygens (including phenoxy) is 4. The summed E-state index contributed by atoms with van der Waals surface area (Å²) < 4.78 is 20.8. The van der Waals surface area contributed by atoms with Gasteiger partial charge in [-0.05, 0) is 50.3 Å². The van der Waals surface area contributed by atoms with Crippen molar-refractivity contribution in [2.75, 3.05) is 7.11 Å². The molecule has 1 unspecified atom stereocenters. The van der Waals surface area contributed by atoms with E-state index < -0.39 is 24.0 Å². The molecule has 1 aromatic rings. The smallest absolute Gasteiger partial charge is 0.331 e. The maximum Gasteiger partial charge on any atom is 0.331 e. The van der Waals surface area contributed by atoms with Gasteiger partial charge in [-0.15, -0.1) is 0 Å². The summed E-state index contributed by atoms with van der Waals surface area (Å²) in [7, 11) is 1.58. The summed E-state index contributed by atoms with van der Waals surface area (Å²) in [5.41, 5.74) is 0.824. The van der Waals surface area contributed by atoms with Gasteiger partial charge in [0.05, 0.1) is 13.5 Å². The van der Waals surface area contributed by atoms with Crippen molar-refractivity contribution in [1.82, 2.24) is 0 Å². The van der Waals surface area contributed by atoms with Gasteiger partial charge in [0.2, 0.25) is 0 Å². The van der Waals surface area contributed by atoms with Crippen LogP contribution >= 0.6 is 0 Å². The van der Waals surface area contributed by atoms with Crippen molar-refractivity contribution >= 4 is 17.9 Å². The van der Waals surface area contributed by atoms with Crippen molar-refractivity contribution in [2.24, 2.45) is 0 Å². The Morgan fingerprint density at radius 2 is 1.58 bits per heavy atom. The summed E-state index contributed by atoms with van der Waals surface area (Å²) in [4.78, 5) is 35.8. The summed E-state index contributed by atoms with van der Waals surface area (Å²) in [6.45, 7) is 1.71. The van der Waals surface area contributed by atoms with Gasteiger partial charge in [-0.1, -0.05) is 31.4 Å². The van der Waals surface area contributed by atoms with Gasteiger partial charge in [-0.2, -0.15) is 0 Å². The maximum atomic E-state index is 11.9. The molecule has 0 aliphatic heterocycles. The number of rotatable bonds is 9. The second-order valence-electron chi connectivity index (χ2n) is 7.70. The minimum Gasteiger partial charge on any atom is -0.497 e. The van der Waals surface area contributed by atoms with Gasteiger partial charge >= 0.3 is 17.9 Å². The Morgan fingerprint density at radius 3 is 2.23 bits per heavy atom. The molecule has 1 atom stereocenters. The monoisotopic (exact) mass is 432 g/mol. The van der Waals surface area contributed by atoms with Crippen LogP contribution in [0.2, 0.25) is 0 Å². The van der Waals surface area contributed by atoms with Crippen LogP contribution in [0.4, 0.5) is 0 Å². The van der Waals surface area contributed by atoms with Crippen molar-refractivity contribution in [2.45, 2.75) is 77.1 Å². The second kappa shape index (κ2) is 13.5. The molecule has 0 spiro atoms. The van der Waals surface area contributed by atoms with Crippen molar-refractivity contribution in [3.8, 4) is 5.75 Å². The van der Waals surface area contributed by atoms with E-state index in [0.29, 0.717) is 0 Å². The summed E-state index contributed by atoms with van der Waals surface area (Å²) in [6.07, 6.45) is 8.65. The van der Waals surface area contributed by atoms with Gasteiger partial charge < -0.3 is 18.9 Å². The lowest BCUT2D eigenvalue weighted by atomic mass is 9.99. The molecule has 7 nitrogen and oxygen atoms in total. The summed E-state index contributed by atoms with van der Waals surface area (Å²) in [5.74, 6) is -1.01. The SMILES string of the molecule is COc1ccc(COC(=O)CC(C)OC(=O)/C=C/C(=O)OC2CCCCCCC2)cc1. The van der Waals surface area contributed by atoms with E-state index in [2.05, 4.69) is 0 Å². The molecule has 170 valence electrons. The molecule has 1 aliphatic rings. The molecular formula is C24H32O7. The first-order valence-corrected chi connectivity index (χ1v) is 10.8. The number of esters is 3. The number of methoxy groups -OCH3 is 1. The van der Waals surface area contributed by atoms with E-state index in [-0.39, 0.29) is 19.1 Å². The predicted octanol–water partition coefficient (Wildman–Crippen LogP) is 4.27. The molecule has 0 N–H and O–H groups in total. The fraction of sp³-hybridized carbons (Fsp3) is 0.542. The first-order chi connectivity index (χ1) is 15.0. The minimum atomic E-state index is -0.704. The molecular weight excluding hydrogens is 400 g/mol. The molecule has 1 saturated carbocycles. The zero-order chi connectivity index (χ0) is 22.5. The van der Waals surface area contributed by atoms with E-state index >= 15 is 0 Å². The Hall–Kier alpha value is -2.83. The van der Waals surface area contributed by atoms with E-state index in [4.69, 9.17) is 18.9 Å². The fourth-order valence-corrected chi connectivity index (χ4v) is 3.33. The Bertz CT molecular complexity index is 731. The summed E-state index contributed by atoms with van der Waals surface area (Å²) in [6, 6.07) is 7.16.